The van der Waals surface area contributed by atoms with Crippen LogP contribution in [0.1, 0.15) is 10.4 Å². The van der Waals surface area contributed by atoms with Crippen LogP contribution in [0.15, 0.2) is 54.6 Å². The molecule has 20 heavy (non-hydrogen) atoms. The predicted molar refractivity (Wildman–Crippen MR) is 80.0 cm³/mol. The molecule has 5 heteroatoms. The van der Waals surface area contributed by atoms with Crippen LogP contribution in [0.25, 0.3) is 0 Å². The molecule has 2 aromatic rings. The second-order valence-electron chi connectivity index (χ2n) is 4.04. The molecule has 2 N–H and O–H groups in total. The number of aromatic hydroxyl groups is 1. The lowest BCUT2D eigenvalue weighted by Crippen LogP contribution is -2.15. The summed E-state index contributed by atoms with van der Waals surface area (Å²) in [5.74, 6) is -0.0733. The van der Waals surface area contributed by atoms with Gasteiger partial charge in [0, 0.05) is 11.3 Å². The van der Waals surface area contributed by atoms with E-state index in [0.29, 0.717) is 11.3 Å². The zero-order valence-corrected chi connectivity index (χ0v) is 11.4. The van der Waals surface area contributed by atoms with Crippen molar-refractivity contribution in [1.82, 2.24) is 0 Å². The lowest BCUT2D eigenvalue weighted by Gasteiger charge is -2.04. The molecular weight excluding hydrogens is 274 g/mol. The van der Waals surface area contributed by atoms with E-state index in [0.717, 1.165) is 11.8 Å². The maximum Gasteiger partial charge on any atom is 0.234 e. The molecule has 2 aromatic carbocycles. The minimum absolute atomic E-state index is 0.0502. The first-order valence-corrected chi connectivity index (χ1v) is 6.95. The van der Waals surface area contributed by atoms with Crippen molar-refractivity contribution in [2.75, 3.05) is 11.1 Å². The van der Waals surface area contributed by atoms with Crippen molar-refractivity contribution in [2.45, 2.75) is 0 Å². The molecule has 0 saturated heterocycles. The van der Waals surface area contributed by atoms with E-state index in [1.165, 1.54) is 12.1 Å². The molecule has 0 saturated carbocycles. The van der Waals surface area contributed by atoms with E-state index >= 15 is 0 Å². The number of carbonyl (C=O) groups excluding carboxylic acids is 2. The Morgan fingerprint density at radius 3 is 2.30 bits per heavy atom. The summed E-state index contributed by atoms with van der Waals surface area (Å²) in [6.07, 6.45) is 0. The summed E-state index contributed by atoms with van der Waals surface area (Å²) in [6, 6.07) is 15.0. The van der Waals surface area contributed by atoms with E-state index in [1.54, 1.807) is 36.4 Å². The molecule has 4 nitrogen and oxygen atoms in total. The van der Waals surface area contributed by atoms with E-state index in [9.17, 15) is 9.59 Å². The molecule has 0 aliphatic rings. The number of rotatable bonds is 4. The van der Waals surface area contributed by atoms with Crippen LogP contribution >= 0.6 is 11.8 Å². The van der Waals surface area contributed by atoms with Crippen LogP contribution in [0.4, 0.5) is 5.69 Å². The fraction of sp³-hybridized carbons (Fsp3) is 0.0667. The number of amides is 1. The van der Waals surface area contributed by atoms with Crippen molar-refractivity contribution in [3.8, 4) is 5.75 Å². The van der Waals surface area contributed by atoms with Gasteiger partial charge in [-0.3, -0.25) is 9.59 Å². The van der Waals surface area contributed by atoms with Gasteiger partial charge in [0.2, 0.25) is 11.0 Å². The van der Waals surface area contributed by atoms with Gasteiger partial charge in [-0.05, 0) is 24.3 Å². The molecule has 0 atom stereocenters. The van der Waals surface area contributed by atoms with Crippen molar-refractivity contribution >= 4 is 28.5 Å². The molecule has 0 aliphatic heterocycles. The minimum Gasteiger partial charge on any atom is -0.508 e. The van der Waals surface area contributed by atoms with Gasteiger partial charge < -0.3 is 10.4 Å². The van der Waals surface area contributed by atoms with Crippen LogP contribution < -0.4 is 5.32 Å². The topological polar surface area (TPSA) is 66.4 Å². The van der Waals surface area contributed by atoms with Crippen LogP contribution in [0.2, 0.25) is 0 Å². The first-order valence-electron chi connectivity index (χ1n) is 5.96. The summed E-state index contributed by atoms with van der Waals surface area (Å²) < 4.78 is 0. The Bertz CT molecular complexity index is 596. The monoisotopic (exact) mass is 287 g/mol. The summed E-state index contributed by atoms with van der Waals surface area (Å²) >= 11 is 0.960. The number of benzene rings is 2. The van der Waals surface area contributed by atoms with Crippen molar-refractivity contribution < 1.29 is 14.7 Å². The molecule has 0 aromatic heterocycles. The van der Waals surface area contributed by atoms with Crippen LogP contribution in [-0.4, -0.2) is 21.9 Å². The Hall–Kier alpha value is -2.27. The lowest BCUT2D eigenvalue weighted by atomic mass is 10.2. The fourth-order valence-corrected chi connectivity index (χ4v) is 2.17. The predicted octanol–water partition coefficient (Wildman–Crippen LogP) is 2.90. The van der Waals surface area contributed by atoms with E-state index in [4.69, 9.17) is 5.11 Å². The van der Waals surface area contributed by atoms with E-state index in [-0.39, 0.29) is 22.5 Å². The maximum absolute atomic E-state index is 11.8. The zero-order chi connectivity index (χ0) is 14.4. The molecule has 0 radical (unpaired) electrons. The normalized spacial score (nSPS) is 10.0. The highest BCUT2D eigenvalue weighted by Gasteiger charge is 2.09. The molecular formula is C15H13NO3S. The van der Waals surface area contributed by atoms with Crippen molar-refractivity contribution in [3.63, 3.8) is 0 Å². The zero-order valence-electron chi connectivity index (χ0n) is 10.6. The molecule has 0 heterocycles. The second kappa shape index (κ2) is 6.77. The second-order valence-corrected chi connectivity index (χ2v) is 4.99. The number of hydrogen-bond donors (Lipinski definition) is 2. The largest absolute Gasteiger partial charge is 0.508 e. The van der Waals surface area contributed by atoms with Gasteiger partial charge in [0.1, 0.15) is 5.75 Å². The van der Waals surface area contributed by atoms with Crippen molar-refractivity contribution in [2.24, 2.45) is 0 Å². The Labute approximate surface area is 120 Å². The Morgan fingerprint density at radius 1 is 1.00 bits per heavy atom. The number of carbonyl (C=O) groups is 2. The molecule has 102 valence electrons. The minimum atomic E-state index is -0.259. The number of phenols is 1. The summed E-state index contributed by atoms with van der Waals surface area (Å²) in [6.45, 7) is 0. The van der Waals surface area contributed by atoms with Gasteiger partial charge in [-0.15, -0.1) is 0 Å². The van der Waals surface area contributed by atoms with Gasteiger partial charge in [-0.25, -0.2) is 0 Å². The molecule has 1 amide bonds. The van der Waals surface area contributed by atoms with Gasteiger partial charge in [0.05, 0.1) is 5.75 Å². The molecule has 0 unspecified atom stereocenters. The third kappa shape index (κ3) is 4.13. The van der Waals surface area contributed by atoms with E-state index in [1.807, 2.05) is 6.07 Å². The quantitative estimate of drug-likeness (QED) is 0.849. The van der Waals surface area contributed by atoms with E-state index < -0.39 is 0 Å². The average Bonchev–Trinajstić information content (AvgIpc) is 2.48. The van der Waals surface area contributed by atoms with Crippen LogP contribution in [0.5, 0.6) is 5.75 Å². The highest BCUT2D eigenvalue weighted by Crippen LogP contribution is 2.15. The van der Waals surface area contributed by atoms with Crippen LogP contribution in [0, 0.1) is 0 Å². The number of anilines is 1. The van der Waals surface area contributed by atoms with Crippen LogP contribution in [0.3, 0.4) is 0 Å². The Kier molecular flexibility index (Phi) is 4.79. The summed E-state index contributed by atoms with van der Waals surface area (Å²) in [7, 11) is 0. The van der Waals surface area contributed by atoms with Gasteiger partial charge >= 0.3 is 0 Å². The summed E-state index contributed by atoms with van der Waals surface area (Å²) in [5, 5.41) is 11.7. The standard InChI is InChI=1S/C15H13NO3S/c17-13-8-6-12(7-9-13)16-14(18)10-20-15(19)11-4-2-1-3-5-11/h1-9,17H,10H2,(H,16,18). The van der Waals surface area contributed by atoms with Crippen molar-refractivity contribution in [1.29, 1.82) is 0 Å². The summed E-state index contributed by atoms with van der Waals surface area (Å²) in [4.78, 5) is 23.5. The maximum atomic E-state index is 11.8. The Balaban J connectivity index is 1.83. The molecule has 2 rings (SSSR count). The Morgan fingerprint density at radius 2 is 1.65 bits per heavy atom. The fourth-order valence-electron chi connectivity index (χ4n) is 1.53. The molecule has 0 bridgehead atoms. The number of nitrogens with one attached hydrogen (secondary N) is 1. The first-order chi connectivity index (χ1) is 9.65. The average molecular weight is 287 g/mol. The highest BCUT2D eigenvalue weighted by atomic mass is 32.2. The number of phenolic OH excluding ortho intramolecular Hbond substituents is 1. The smallest absolute Gasteiger partial charge is 0.234 e. The molecule has 0 aliphatic carbocycles. The third-order valence-electron chi connectivity index (χ3n) is 2.49. The number of hydrogen-bond acceptors (Lipinski definition) is 4. The number of thioether (sulfide) groups is 1. The van der Waals surface area contributed by atoms with Crippen LogP contribution in [-0.2, 0) is 4.79 Å². The molecule has 0 spiro atoms. The van der Waals surface area contributed by atoms with Gasteiger partial charge in [-0.2, -0.15) is 0 Å². The summed E-state index contributed by atoms with van der Waals surface area (Å²) in [5.41, 5.74) is 1.16. The SMILES string of the molecule is O=C(CSC(=O)c1ccccc1)Nc1ccc(O)cc1. The first kappa shape index (κ1) is 14.1. The van der Waals surface area contributed by atoms with Gasteiger partial charge in [0.25, 0.3) is 0 Å². The van der Waals surface area contributed by atoms with E-state index in [2.05, 4.69) is 5.32 Å². The highest BCUT2D eigenvalue weighted by molar-refractivity contribution is 8.14. The van der Waals surface area contributed by atoms with Gasteiger partial charge in [-0.1, -0.05) is 42.1 Å². The molecule has 0 fully saturated rings. The third-order valence-corrected chi connectivity index (χ3v) is 3.40. The van der Waals surface area contributed by atoms with Crippen molar-refractivity contribution in [3.05, 3.63) is 60.2 Å². The van der Waals surface area contributed by atoms with Gasteiger partial charge in [0.15, 0.2) is 0 Å². The lowest BCUT2D eigenvalue weighted by molar-refractivity contribution is -0.113.